The van der Waals surface area contributed by atoms with Crippen molar-refractivity contribution in [1.82, 2.24) is 9.97 Å². The van der Waals surface area contributed by atoms with Crippen molar-refractivity contribution in [2.45, 2.75) is 24.7 Å². The maximum absolute atomic E-state index is 12.9. The Kier molecular flexibility index (Phi) is 7.13. The molecular weight excluding hydrogens is 454 g/mol. The molecule has 0 atom stereocenters. The Morgan fingerprint density at radius 3 is 2.16 bits per heavy atom. The number of halogens is 4. The number of hydrogen-bond acceptors (Lipinski definition) is 7. The van der Waals surface area contributed by atoms with Crippen molar-refractivity contribution in [1.29, 1.82) is 0 Å². The Hall–Kier alpha value is -3.41. The maximum Gasteiger partial charge on any atom is 0.387 e. The van der Waals surface area contributed by atoms with Crippen molar-refractivity contribution in [3.05, 3.63) is 66.7 Å². The highest BCUT2D eigenvalue weighted by Gasteiger charge is 2.20. The van der Waals surface area contributed by atoms with Gasteiger partial charge in [0.2, 0.25) is 0 Å². The highest BCUT2D eigenvalue weighted by atomic mass is 32.2. The molecule has 0 aliphatic rings. The molecule has 0 N–H and O–H groups in total. The van der Waals surface area contributed by atoms with E-state index in [1.165, 1.54) is 43.0 Å². The zero-order chi connectivity index (χ0) is 23.3. The summed E-state index contributed by atoms with van der Waals surface area (Å²) in [6.45, 7) is -6.42. The largest absolute Gasteiger partial charge is 0.431 e. The van der Waals surface area contributed by atoms with Crippen LogP contribution in [0.15, 0.2) is 66.1 Å². The van der Waals surface area contributed by atoms with Crippen LogP contribution in [0.4, 0.5) is 28.9 Å². The predicted molar refractivity (Wildman–Crippen MR) is 107 cm³/mol. The molecule has 0 saturated carbocycles. The third-order valence-electron chi connectivity index (χ3n) is 4.18. The van der Waals surface area contributed by atoms with Gasteiger partial charge in [-0.2, -0.15) is 17.6 Å². The van der Waals surface area contributed by atoms with Crippen LogP contribution in [0.1, 0.15) is 5.56 Å². The van der Waals surface area contributed by atoms with Gasteiger partial charge < -0.3 is 14.4 Å². The van der Waals surface area contributed by atoms with Crippen LogP contribution in [0.25, 0.3) is 0 Å². The number of nitrogens with zero attached hydrogens (tertiary/aromatic N) is 3. The molecule has 3 rings (SSSR count). The molecule has 7 nitrogen and oxygen atoms in total. The smallest absolute Gasteiger partial charge is 0.387 e. The second-order valence-electron chi connectivity index (χ2n) is 6.49. The Morgan fingerprint density at radius 2 is 1.53 bits per heavy atom. The molecule has 0 aliphatic heterocycles. The number of alkyl halides is 4. The van der Waals surface area contributed by atoms with Crippen LogP contribution in [0.5, 0.6) is 11.5 Å². The number of ether oxygens (including phenoxy) is 2. The Morgan fingerprint density at radius 1 is 0.906 bits per heavy atom. The number of sulfone groups is 1. The highest BCUT2D eigenvalue weighted by Crippen LogP contribution is 2.37. The first-order valence-corrected chi connectivity index (χ1v) is 10.9. The van der Waals surface area contributed by atoms with Crippen molar-refractivity contribution in [2.24, 2.45) is 0 Å². The molecule has 0 unspecified atom stereocenters. The molecule has 0 spiro atoms. The molecule has 2 aromatic carbocycles. The lowest BCUT2D eigenvalue weighted by Gasteiger charge is -2.26. The molecule has 0 bridgehead atoms. The lowest BCUT2D eigenvalue weighted by Crippen LogP contribution is -2.18. The van der Waals surface area contributed by atoms with Crippen LogP contribution < -0.4 is 14.4 Å². The van der Waals surface area contributed by atoms with Gasteiger partial charge in [0.1, 0.15) is 6.33 Å². The SMILES string of the molecule is CS(=O)(=O)c1cccc(N(Cc2cncnc2)c2ccc(OC(F)F)c(OC(F)F)c2)c1. The average molecular weight is 471 g/mol. The Labute approximate surface area is 181 Å². The number of anilines is 2. The van der Waals surface area contributed by atoms with Crippen molar-refractivity contribution in [3.8, 4) is 11.5 Å². The first-order valence-electron chi connectivity index (χ1n) is 8.98. The van der Waals surface area contributed by atoms with E-state index in [9.17, 15) is 26.0 Å². The summed E-state index contributed by atoms with van der Waals surface area (Å²) in [6, 6.07) is 9.45. The van der Waals surface area contributed by atoms with E-state index >= 15 is 0 Å². The minimum Gasteiger partial charge on any atom is -0.431 e. The molecule has 0 radical (unpaired) electrons. The molecule has 0 aliphatic carbocycles. The van der Waals surface area contributed by atoms with E-state index in [4.69, 9.17) is 0 Å². The fourth-order valence-electron chi connectivity index (χ4n) is 2.85. The van der Waals surface area contributed by atoms with E-state index in [2.05, 4.69) is 19.4 Å². The van der Waals surface area contributed by atoms with Gasteiger partial charge in [-0.25, -0.2) is 18.4 Å². The normalized spacial score (nSPS) is 11.6. The molecule has 12 heteroatoms. The van der Waals surface area contributed by atoms with Gasteiger partial charge >= 0.3 is 13.2 Å². The summed E-state index contributed by atoms with van der Waals surface area (Å²) in [4.78, 5) is 9.45. The fraction of sp³-hybridized carbons (Fsp3) is 0.200. The summed E-state index contributed by atoms with van der Waals surface area (Å²) >= 11 is 0. The zero-order valence-corrected chi connectivity index (χ0v) is 17.3. The number of hydrogen-bond donors (Lipinski definition) is 0. The van der Waals surface area contributed by atoms with E-state index in [1.54, 1.807) is 11.0 Å². The summed E-state index contributed by atoms with van der Waals surface area (Å²) < 4.78 is 83.7. The van der Waals surface area contributed by atoms with E-state index in [1.807, 2.05) is 0 Å². The second-order valence-corrected chi connectivity index (χ2v) is 8.51. The standard InChI is InChI=1S/C20H17F4N3O4S/c1-32(28,29)16-4-2-3-14(7-16)27(11-13-9-25-12-26-10-13)15-5-6-17(30-19(21)22)18(8-15)31-20(23)24/h2-10,12,19-20H,11H2,1H3. The molecule has 3 aromatic rings. The van der Waals surface area contributed by atoms with Gasteiger partial charge in [0.25, 0.3) is 0 Å². The van der Waals surface area contributed by atoms with Crippen LogP contribution in [0.3, 0.4) is 0 Å². The molecule has 0 amide bonds. The van der Waals surface area contributed by atoms with E-state index in [-0.39, 0.29) is 17.1 Å². The zero-order valence-electron chi connectivity index (χ0n) is 16.5. The average Bonchev–Trinajstić information content (AvgIpc) is 2.73. The Bertz CT molecular complexity index is 1160. The molecule has 32 heavy (non-hydrogen) atoms. The lowest BCUT2D eigenvalue weighted by atomic mass is 10.2. The number of aromatic nitrogens is 2. The van der Waals surface area contributed by atoms with Crippen molar-refractivity contribution >= 4 is 21.2 Å². The first-order chi connectivity index (χ1) is 15.1. The topological polar surface area (TPSA) is 81.6 Å². The lowest BCUT2D eigenvalue weighted by molar-refractivity contribution is -0.0692. The van der Waals surface area contributed by atoms with Crippen LogP contribution in [-0.2, 0) is 16.4 Å². The number of benzene rings is 2. The van der Waals surface area contributed by atoms with Gasteiger partial charge in [0, 0.05) is 41.7 Å². The van der Waals surface area contributed by atoms with Gasteiger partial charge in [0.15, 0.2) is 21.3 Å². The molecule has 0 fully saturated rings. The summed E-state index contributed by atoms with van der Waals surface area (Å²) in [5.41, 5.74) is 1.25. The van der Waals surface area contributed by atoms with E-state index < -0.39 is 34.6 Å². The van der Waals surface area contributed by atoms with Gasteiger partial charge in [-0.05, 0) is 30.3 Å². The minimum atomic E-state index is -3.54. The van der Waals surface area contributed by atoms with Crippen LogP contribution >= 0.6 is 0 Å². The summed E-state index contributed by atoms with van der Waals surface area (Å²) in [5, 5.41) is 0. The summed E-state index contributed by atoms with van der Waals surface area (Å²) in [5.74, 6) is -1.18. The fourth-order valence-corrected chi connectivity index (χ4v) is 3.51. The van der Waals surface area contributed by atoms with Gasteiger partial charge in [-0.1, -0.05) is 6.07 Å². The van der Waals surface area contributed by atoms with Crippen LogP contribution in [0, 0.1) is 0 Å². The van der Waals surface area contributed by atoms with Crippen LogP contribution in [-0.4, -0.2) is 37.9 Å². The highest BCUT2D eigenvalue weighted by molar-refractivity contribution is 7.90. The first kappa shape index (κ1) is 23.3. The monoisotopic (exact) mass is 471 g/mol. The summed E-state index contributed by atoms with van der Waals surface area (Å²) in [7, 11) is -3.54. The van der Waals surface area contributed by atoms with Gasteiger partial charge in [-0.3, -0.25) is 0 Å². The van der Waals surface area contributed by atoms with Gasteiger partial charge in [0.05, 0.1) is 11.4 Å². The molecule has 170 valence electrons. The van der Waals surface area contributed by atoms with Crippen molar-refractivity contribution in [3.63, 3.8) is 0 Å². The van der Waals surface area contributed by atoms with E-state index in [0.29, 0.717) is 11.3 Å². The van der Waals surface area contributed by atoms with Crippen molar-refractivity contribution in [2.75, 3.05) is 11.2 Å². The molecular formula is C20H17F4N3O4S. The maximum atomic E-state index is 12.9. The molecule has 0 saturated heterocycles. The molecule has 1 heterocycles. The van der Waals surface area contributed by atoms with Crippen LogP contribution in [0.2, 0.25) is 0 Å². The third-order valence-corrected chi connectivity index (χ3v) is 5.29. The van der Waals surface area contributed by atoms with Gasteiger partial charge in [-0.15, -0.1) is 0 Å². The quantitative estimate of drug-likeness (QED) is 0.427. The predicted octanol–water partition coefficient (Wildman–Crippen LogP) is 4.42. The second kappa shape index (κ2) is 9.81. The summed E-state index contributed by atoms with van der Waals surface area (Å²) in [6.07, 6.45) is 5.41. The number of rotatable bonds is 9. The minimum absolute atomic E-state index is 0.0334. The Balaban J connectivity index is 2.11. The molecule has 1 aromatic heterocycles. The van der Waals surface area contributed by atoms with E-state index in [0.717, 1.165) is 18.4 Å². The third kappa shape index (κ3) is 6.06. The van der Waals surface area contributed by atoms with Crippen molar-refractivity contribution < 1.29 is 35.5 Å².